The summed E-state index contributed by atoms with van der Waals surface area (Å²) in [4.78, 5) is 26.6. The molecular weight excluding hydrogens is 334 g/mol. The number of methoxy groups -OCH3 is 2. The van der Waals surface area contributed by atoms with Crippen molar-refractivity contribution in [2.45, 2.75) is 45.1 Å². The largest absolute Gasteiger partial charge is 0.493 e. The zero-order chi connectivity index (χ0) is 18.8. The summed E-state index contributed by atoms with van der Waals surface area (Å²) in [6.45, 7) is 2.60. The van der Waals surface area contributed by atoms with E-state index in [0.717, 1.165) is 30.4 Å². The third kappa shape index (κ3) is 3.24. The van der Waals surface area contributed by atoms with Crippen LogP contribution in [0.2, 0.25) is 0 Å². The molecule has 1 aromatic carbocycles. The second-order valence-corrected chi connectivity index (χ2v) is 7.20. The Morgan fingerprint density at radius 1 is 1.08 bits per heavy atom. The van der Waals surface area contributed by atoms with Crippen molar-refractivity contribution in [1.82, 2.24) is 4.90 Å². The summed E-state index contributed by atoms with van der Waals surface area (Å²) in [6, 6.07) is 3.81. The number of hydrogen-bond donors (Lipinski definition) is 1. The highest BCUT2D eigenvalue weighted by molar-refractivity contribution is 5.85. The Labute approximate surface area is 154 Å². The number of nitrogens with zero attached hydrogens (tertiary/aromatic N) is 1. The number of aliphatic carboxylic acids is 1. The van der Waals surface area contributed by atoms with E-state index >= 15 is 0 Å². The summed E-state index contributed by atoms with van der Waals surface area (Å²) in [7, 11) is 3.21. The number of hydrogen-bond acceptors (Lipinski definition) is 4. The Kier molecular flexibility index (Phi) is 5.39. The van der Waals surface area contributed by atoms with Crippen LogP contribution in [0.15, 0.2) is 12.1 Å². The zero-order valence-electron chi connectivity index (χ0n) is 15.7. The number of carboxylic acid groups (broad SMARTS) is 1. The lowest BCUT2D eigenvalue weighted by atomic mass is 9.77. The number of carboxylic acids is 1. The lowest BCUT2D eigenvalue weighted by Crippen LogP contribution is -2.46. The number of ether oxygens (including phenoxy) is 2. The summed E-state index contributed by atoms with van der Waals surface area (Å²) in [5.41, 5.74) is 2.20. The molecule has 1 saturated carbocycles. The van der Waals surface area contributed by atoms with Crippen LogP contribution in [0.5, 0.6) is 11.5 Å². The predicted molar refractivity (Wildman–Crippen MR) is 96.5 cm³/mol. The van der Waals surface area contributed by atoms with Gasteiger partial charge in [0.2, 0.25) is 5.91 Å². The van der Waals surface area contributed by atoms with Crippen molar-refractivity contribution in [3.63, 3.8) is 0 Å². The van der Waals surface area contributed by atoms with Gasteiger partial charge in [-0.2, -0.15) is 0 Å². The van der Waals surface area contributed by atoms with Gasteiger partial charge in [0.25, 0.3) is 0 Å². The molecule has 2 aliphatic rings. The molecule has 3 rings (SSSR count). The van der Waals surface area contributed by atoms with Crippen LogP contribution in [-0.2, 0) is 16.0 Å². The molecule has 0 saturated heterocycles. The quantitative estimate of drug-likeness (QED) is 0.892. The summed E-state index contributed by atoms with van der Waals surface area (Å²) >= 11 is 0. The molecule has 1 amide bonds. The fraction of sp³-hybridized carbons (Fsp3) is 0.600. The second kappa shape index (κ2) is 7.56. The summed E-state index contributed by atoms with van der Waals surface area (Å²) < 4.78 is 10.8. The number of benzene rings is 1. The number of rotatable bonds is 4. The first-order chi connectivity index (χ1) is 12.5. The highest BCUT2D eigenvalue weighted by Crippen LogP contribution is 2.40. The van der Waals surface area contributed by atoms with Gasteiger partial charge in [0.1, 0.15) is 0 Å². The summed E-state index contributed by atoms with van der Waals surface area (Å²) in [6.07, 6.45) is 3.80. The van der Waals surface area contributed by atoms with Crippen molar-refractivity contribution in [3.05, 3.63) is 23.3 Å². The Morgan fingerprint density at radius 2 is 1.69 bits per heavy atom. The highest BCUT2D eigenvalue weighted by atomic mass is 16.5. The smallest absolute Gasteiger partial charge is 0.307 e. The van der Waals surface area contributed by atoms with Gasteiger partial charge in [-0.25, -0.2) is 0 Å². The molecule has 0 bridgehead atoms. The number of amides is 1. The molecule has 1 heterocycles. The van der Waals surface area contributed by atoms with Crippen LogP contribution < -0.4 is 9.47 Å². The summed E-state index contributed by atoms with van der Waals surface area (Å²) in [5.74, 6) is -0.505. The Bertz CT molecular complexity index is 702. The molecule has 0 aromatic heterocycles. The van der Waals surface area contributed by atoms with Crippen molar-refractivity contribution in [2.24, 2.45) is 11.8 Å². The maximum Gasteiger partial charge on any atom is 0.307 e. The standard InChI is InChI=1S/C20H27NO5/c1-12-16-11-18(26-3)17(25-2)10-13(16)8-9-21(12)19(22)14-6-4-5-7-15(14)20(23)24/h10-12,14-15H,4-9H2,1-3H3,(H,23,24)/t12-,14-,15+/m1/s1. The fourth-order valence-electron chi connectivity index (χ4n) is 4.38. The van der Waals surface area contributed by atoms with Crippen molar-refractivity contribution in [2.75, 3.05) is 20.8 Å². The van der Waals surface area contributed by atoms with E-state index in [4.69, 9.17) is 9.47 Å². The first kappa shape index (κ1) is 18.5. The molecule has 0 spiro atoms. The molecule has 6 nitrogen and oxygen atoms in total. The highest BCUT2D eigenvalue weighted by Gasteiger charge is 2.40. The molecule has 0 radical (unpaired) electrons. The van der Waals surface area contributed by atoms with Gasteiger partial charge in [-0.05, 0) is 49.4 Å². The minimum absolute atomic E-state index is 0.0231. The van der Waals surface area contributed by atoms with Gasteiger partial charge >= 0.3 is 5.97 Å². The third-order valence-electron chi connectivity index (χ3n) is 5.87. The molecule has 0 unspecified atom stereocenters. The first-order valence-corrected chi connectivity index (χ1v) is 9.26. The van der Waals surface area contributed by atoms with E-state index in [1.54, 1.807) is 14.2 Å². The normalized spacial score (nSPS) is 25.3. The molecule has 1 fully saturated rings. The van der Waals surface area contributed by atoms with Gasteiger partial charge in [0.05, 0.1) is 32.1 Å². The minimum atomic E-state index is -0.848. The van der Waals surface area contributed by atoms with E-state index < -0.39 is 17.8 Å². The van der Waals surface area contributed by atoms with Gasteiger partial charge < -0.3 is 19.5 Å². The van der Waals surface area contributed by atoms with E-state index in [1.165, 1.54) is 0 Å². The van der Waals surface area contributed by atoms with Crippen LogP contribution in [0.3, 0.4) is 0 Å². The Morgan fingerprint density at radius 3 is 2.31 bits per heavy atom. The van der Waals surface area contributed by atoms with Crippen molar-refractivity contribution in [1.29, 1.82) is 0 Å². The second-order valence-electron chi connectivity index (χ2n) is 7.20. The predicted octanol–water partition coefficient (Wildman–Crippen LogP) is 3.04. The average Bonchev–Trinajstić information content (AvgIpc) is 2.66. The summed E-state index contributed by atoms with van der Waals surface area (Å²) in [5, 5.41) is 9.50. The van der Waals surface area contributed by atoms with Crippen LogP contribution in [0.4, 0.5) is 0 Å². The van der Waals surface area contributed by atoms with Crippen LogP contribution >= 0.6 is 0 Å². The SMILES string of the molecule is COc1cc2c(cc1OC)[C@@H](C)N(C(=O)[C@@H]1CCCC[C@@H]1C(=O)O)CC2. The topological polar surface area (TPSA) is 76.1 Å². The molecule has 3 atom stereocenters. The molecule has 1 N–H and O–H groups in total. The Balaban J connectivity index is 1.87. The van der Waals surface area contributed by atoms with Crippen LogP contribution in [0, 0.1) is 11.8 Å². The van der Waals surface area contributed by atoms with E-state index in [1.807, 2.05) is 24.0 Å². The molecular formula is C20H27NO5. The van der Waals surface area contributed by atoms with Gasteiger partial charge in [-0.3, -0.25) is 9.59 Å². The van der Waals surface area contributed by atoms with Crippen molar-refractivity contribution >= 4 is 11.9 Å². The van der Waals surface area contributed by atoms with Crippen LogP contribution in [0.25, 0.3) is 0 Å². The van der Waals surface area contributed by atoms with Gasteiger partial charge in [0, 0.05) is 6.54 Å². The van der Waals surface area contributed by atoms with Crippen molar-refractivity contribution < 1.29 is 24.2 Å². The first-order valence-electron chi connectivity index (χ1n) is 9.26. The molecule has 1 aromatic rings. The van der Waals surface area contributed by atoms with Gasteiger partial charge in [-0.1, -0.05) is 12.8 Å². The van der Waals surface area contributed by atoms with Crippen LogP contribution in [-0.4, -0.2) is 42.6 Å². The Hall–Kier alpha value is -2.24. The van der Waals surface area contributed by atoms with E-state index in [2.05, 4.69) is 0 Å². The monoisotopic (exact) mass is 361 g/mol. The molecule has 1 aliphatic heterocycles. The molecule has 1 aliphatic carbocycles. The lowest BCUT2D eigenvalue weighted by Gasteiger charge is -2.39. The number of carbonyl (C=O) groups excluding carboxylic acids is 1. The van der Waals surface area contributed by atoms with Crippen LogP contribution in [0.1, 0.15) is 49.8 Å². The zero-order valence-corrected chi connectivity index (χ0v) is 15.7. The fourth-order valence-corrected chi connectivity index (χ4v) is 4.38. The molecule has 142 valence electrons. The van der Waals surface area contributed by atoms with Crippen molar-refractivity contribution in [3.8, 4) is 11.5 Å². The van der Waals surface area contributed by atoms with E-state index in [0.29, 0.717) is 30.9 Å². The van der Waals surface area contributed by atoms with E-state index in [-0.39, 0.29) is 11.9 Å². The maximum atomic E-state index is 13.2. The molecule has 6 heteroatoms. The lowest BCUT2D eigenvalue weighted by molar-refractivity contribution is -0.153. The average molecular weight is 361 g/mol. The number of fused-ring (bicyclic) bond motifs is 1. The number of carbonyl (C=O) groups is 2. The van der Waals surface area contributed by atoms with E-state index in [9.17, 15) is 14.7 Å². The van der Waals surface area contributed by atoms with Gasteiger partial charge in [-0.15, -0.1) is 0 Å². The maximum absolute atomic E-state index is 13.2. The third-order valence-corrected chi connectivity index (χ3v) is 5.87. The van der Waals surface area contributed by atoms with Gasteiger partial charge in [0.15, 0.2) is 11.5 Å². The minimum Gasteiger partial charge on any atom is -0.493 e. The molecule has 26 heavy (non-hydrogen) atoms.